The lowest BCUT2D eigenvalue weighted by Gasteiger charge is -2.32. The van der Waals surface area contributed by atoms with Crippen LogP contribution in [-0.4, -0.2) is 48.5 Å². The molecule has 1 aromatic carbocycles. The van der Waals surface area contributed by atoms with E-state index in [-0.39, 0.29) is 42.3 Å². The van der Waals surface area contributed by atoms with E-state index in [0.29, 0.717) is 38.2 Å². The van der Waals surface area contributed by atoms with Crippen molar-refractivity contribution in [2.45, 2.75) is 45.1 Å². The predicted molar refractivity (Wildman–Crippen MR) is 109 cm³/mol. The average molecular weight is 398 g/mol. The van der Waals surface area contributed by atoms with Crippen LogP contribution in [0.4, 0.5) is 0 Å². The minimum atomic E-state index is -0.332. The van der Waals surface area contributed by atoms with Gasteiger partial charge in [0.25, 0.3) is 5.91 Å². The molecule has 2 rings (SSSR count). The quantitative estimate of drug-likeness (QED) is 0.705. The summed E-state index contributed by atoms with van der Waals surface area (Å²) < 4.78 is 5.51. The number of nitrogens with one attached hydrogen (secondary N) is 1. The molecule has 2 amide bonds. The van der Waals surface area contributed by atoms with Crippen LogP contribution in [0.2, 0.25) is 0 Å². The number of nitrogens with two attached hydrogens (primary N) is 1. The van der Waals surface area contributed by atoms with Gasteiger partial charge in [0.15, 0.2) is 6.61 Å². The van der Waals surface area contributed by atoms with Crippen LogP contribution >= 0.6 is 12.4 Å². The van der Waals surface area contributed by atoms with Crippen LogP contribution in [0.3, 0.4) is 0 Å². The molecule has 7 heteroatoms. The Morgan fingerprint density at radius 1 is 1.19 bits per heavy atom. The molecule has 0 aromatic heterocycles. The summed E-state index contributed by atoms with van der Waals surface area (Å²) in [6, 6.07) is 9.30. The van der Waals surface area contributed by atoms with Gasteiger partial charge < -0.3 is 20.7 Å². The Morgan fingerprint density at radius 2 is 1.78 bits per heavy atom. The average Bonchev–Trinajstić information content (AvgIpc) is 2.70. The van der Waals surface area contributed by atoms with Gasteiger partial charge in [0.2, 0.25) is 5.91 Å². The number of amides is 2. The molecule has 1 fully saturated rings. The van der Waals surface area contributed by atoms with Gasteiger partial charge in [0, 0.05) is 31.1 Å². The highest BCUT2D eigenvalue weighted by atomic mass is 35.5. The topological polar surface area (TPSA) is 84.7 Å². The second-order valence-electron chi connectivity index (χ2n) is 7.04. The van der Waals surface area contributed by atoms with Crippen LogP contribution in [0.1, 0.15) is 39.5 Å². The van der Waals surface area contributed by atoms with E-state index in [9.17, 15) is 9.59 Å². The maximum Gasteiger partial charge on any atom is 0.260 e. The Hall–Kier alpha value is -1.79. The molecule has 1 saturated heterocycles. The lowest BCUT2D eigenvalue weighted by molar-refractivity contribution is -0.137. The molecule has 1 heterocycles. The fourth-order valence-corrected chi connectivity index (χ4v) is 3.05. The highest BCUT2D eigenvalue weighted by molar-refractivity contribution is 5.85. The van der Waals surface area contributed by atoms with Gasteiger partial charge in [0.05, 0.1) is 0 Å². The normalized spacial score (nSPS) is 15.0. The number of para-hydroxylation sites is 1. The molecule has 0 unspecified atom stereocenters. The third kappa shape index (κ3) is 7.03. The Balaban J connectivity index is 0.00000364. The van der Waals surface area contributed by atoms with Gasteiger partial charge in [-0.1, -0.05) is 32.0 Å². The van der Waals surface area contributed by atoms with Gasteiger partial charge in [-0.05, 0) is 37.8 Å². The summed E-state index contributed by atoms with van der Waals surface area (Å²) in [5.41, 5.74) is 5.90. The van der Waals surface area contributed by atoms with Crippen molar-refractivity contribution in [3.8, 4) is 5.75 Å². The highest BCUT2D eigenvalue weighted by Crippen LogP contribution is 2.19. The van der Waals surface area contributed by atoms with Crippen molar-refractivity contribution >= 4 is 24.2 Å². The number of carbonyl (C=O) groups is 2. The summed E-state index contributed by atoms with van der Waals surface area (Å²) in [5, 5.41) is 2.99. The molecule has 1 aliphatic heterocycles. The fourth-order valence-electron chi connectivity index (χ4n) is 3.05. The minimum absolute atomic E-state index is 0. The van der Waals surface area contributed by atoms with Crippen LogP contribution in [-0.2, 0) is 9.59 Å². The summed E-state index contributed by atoms with van der Waals surface area (Å²) in [6.07, 6.45) is 3.02. The Morgan fingerprint density at radius 3 is 2.33 bits per heavy atom. The maximum atomic E-state index is 12.4. The number of hydrogen-bond donors (Lipinski definition) is 2. The minimum Gasteiger partial charge on any atom is -0.484 e. The third-order valence-corrected chi connectivity index (χ3v) is 5.35. The van der Waals surface area contributed by atoms with E-state index in [1.165, 1.54) is 0 Å². The van der Waals surface area contributed by atoms with E-state index in [0.717, 1.165) is 12.8 Å². The smallest absolute Gasteiger partial charge is 0.260 e. The number of hydrogen-bond acceptors (Lipinski definition) is 4. The predicted octanol–water partition coefficient (Wildman–Crippen LogP) is 2.36. The monoisotopic (exact) mass is 397 g/mol. The molecule has 0 aliphatic carbocycles. The van der Waals surface area contributed by atoms with Crippen molar-refractivity contribution in [3.05, 3.63) is 30.3 Å². The van der Waals surface area contributed by atoms with E-state index in [1.54, 1.807) is 4.90 Å². The number of likely N-dealkylation sites (tertiary alicyclic amines) is 1. The zero-order valence-corrected chi connectivity index (χ0v) is 17.1. The first-order valence-corrected chi connectivity index (χ1v) is 9.49. The fraction of sp³-hybridized carbons (Fsp3) is 0.600. The summed E-state index contributed by atoms with van der Waals surface area (Å²) in [4.78, 5) is 26.4. The van der Waals surface area contributed by atoms with E-state index < -0.39 is 0 Å². The molecule has 0 saturated carbocycles. The summed E-state index contributed by atoms with van der Waals surface area (Å²) in [6.45, 7) is 5.79. The number of benzene rings is 1. The molecule has 0 bridgehead atoms. The van der Waals surface area contributed by atoms with Crippen molar-refractivity contribution in [2.75, 3.05) is 26.2 Å². The molecule has 27 heavy (non-hydrogen) atoms. The SMILES string of the molecule is CCC(N)(CC)CNC(=O)C1CCN(C(=O)COc2ccccc2)CC1.Cl. The molecule has 0 spiro atoms. The van der Waals surface area contributed by atoms with Gasteiger partial charge in [-0.15, -0.1) is 12.4 Å². The Labute approximate surface area is 168 Å². The molecular weight excluding hydrogens is 366 g/mol. The first-order valence-electron chi connectivity index (χ1n) is 9.49. The van der Waals surface area contributed by atoms with Crippen LogP contribution in [0.15, 0.2) is 30.3 Å². The molecule has 3 N–H and O–H groups in total. The molecular formula is C20H32ClN3O3. The number of nitrogens with zero attached hydrogens (tertiary/aromatic N) is 1. The Kier molecular flexibility index (Phi) is 9.60. The molecule has 0 atom stereocenters. The van der Waals surface area contributed by atoms with E-state index in [2.05, 4.69) is 5.32 Å². The summed E-state index contributed by atoms with van der Waals surface area (Å²) >= 11 is 0. The lowest BCUT2D eigenvalue weighted by Crippen LogP contribution is -2.51. The van der Waals surface area contributed by atoms with Crippen molar-refractivity contribution < 1.29 is 14.3 Å². The maximum absolute atomic E-state index is 12.4. The van der Waals surface area contributed by atoms with Gasteiger partial charge in [-0.25, -0.2) is 0 Å². The molecule has 152 valence electrons. The van der Waals surface area contributed by atoms with E-state index in [4.69, 9.17) is 10.5 Å². The highest BCUT2D eigenvalue weighted by Gasteiger charge is 2.29. The number of rotatable bonds is 8. The van der Waals surface area contributed by atoms with Crippen molar-refractivity contribution in [3.63, 3.8) is 0 Å². The first-order chi connectivity index (χ1) is 12.5. The Bertz CT molecular complexity index is 585. The molecule has 1 aromatic rings. The zero-order valence-electron chi connectivity index (χ0n) is 16.3. The standard InChI is InChI=1S/C20H31N3O3.ClH/c1-3-20(21,4-2)15-22-19(25)16-10-12-23(13-11-16)18(24)14-26-17-8-6-5-7-9-17;/h5-9,16H,3-4,10-15,21H2,1-2H3,(H,22,25);1H. The van der Waals surface area contributed by atoms with E-state index in [1.807, 2.05) is 44.2 Å². The number of piperidine rings is 1. The van der Waals surface area contributed by atoms with Crippen LogP contribution in [0.25, 0.3) is 0 Å². The van der Waals surface area contributed by atoms with Crippen LogP contribution < -0.4 is 15.8 Å². The number of carbonyl (C=O) groups excluding carboxylic acids is 2. The molecule has 0 radical (unpaired) electrons. The van der Waals surface area contributed by atoms with Crippen molar-refractivity contribution in [1.29, 1.82) is 0 Å². The summed E-state index contributed by atoms with van der Waals surface area (Å²) in [5.74, 6) is 0.652. The first kappa shape index (κ1) is 23.2. The molecule has 6 nitrogen and oxygen atoms in total. The van der Waals surface area contributed by atoms with Crippen LogP contribution in [0, 0.1) is 5.92 Å². The van der Waals surface area contributed by atoms with Crippen molar-refractivity contribution in [2.24, 2.45) is 11.7 Å². The second-order valence-corrected chi connectivity index (χ2v) is 7.04. The van der Waals surface area contributed by atoms with Gasteiger partial charge >= 0.3 is 0 Å². The van der Waals surface area contributed by atoms with E-state index >= 15 is 0 Å². The number of ether oxygens (including phenoxy) is 1. The second kappa shape index (κ2) is 11.1. The zero-order chi connectivity index (χ0) is 19.0. The lowest BCUT2D eigenvalue weighted by atomic mass is 9.92. The van der Waals surface area contributed by atoms with Crippen molar-refractivity contribution in [1.82, 2.24) is 10.2 Å². The largest absolute Gasteiger partial charge is 0.484 e. The number of halogens is 1. The summed E-state index contributed by atoms with van der Waals surface area (Å²) in [7, 11) is 0. The molecule has 1 aliphatic rings. The van der Waals surface area contributed by atoms with Crippen LogP contribution in [0.5, 0.6) is 5.75 Å². The van der Waals surface area contributed by atoms with Gasteiger partial charge in [-0.2, -0.15) is 0 Å². The van der Waals surface area contributed by atoms with Gasteiger partial charge in [0.1, 0.15) is 5.75 Å². The van der Waals surface area contributed by atoms with Gasteiger partial charge in [-0.3, -0.25) is 9.59 Å². The third-order valence-electron chi connectivity index (χ3n) is 5.35.